The summed E-state index contributed by atoms with van der Waals surface area (Å²) in [6.07, 6.45) is 5.17. The van der Waals surface area contributed by atoms with E-state index < -0.39 is 0 Å². The van der Waals surface area contributed by atoms with Gasteiger partial charge in [-0.15, -0.1) is 0 Å². The molecular weight excluding hydrogens is 276 g/mol. The molecule has 0 aliphatic heterocycles. The second-order valence-electron chi connectivity index (χ2n) is 6.65. The molecule has 5 heteroatoms. The predicted octanol–water partition coefficient (Wildman–Crippen LogP) is 2.83. The summed E-state index contributed by atoms with van der Waals surface area (Å²) in [6, 6.07) is 2.17. The van der Waals surface area contributed by atoms with Crippen LogP contribution in [0.4, 0.5) is 0 Å². The maximum Gasteiger partial charge on any atom is 0.253 e. The third kappa shape index (κ3) is 2.60. The molecule has 22 heavy (non-hydrogen) atoms. The van der Waals surface area contributed by atoms with Crippen molar-refractivity contribution in [3.05, 3.63) is 23.5 Å². The summed E-state index contributed by atoms with van der Waals surface area (Å²) in [5, 5.41) is 8.50. The average molecular weight is 300 g/mol. The van der Waals surface area contributed by atoms with Crippen LogP contribution in [-0.2, 0) is 7.05 Å². The minimum atomic E-state index is -0.0244. The van der Waals surface area contributed by atoms with Crippen LogP contribution < -0.4 is 5.32 Å². The SMILES string of the molecule is Cc1nn(C)c2ncc(C(=O)NC3CCCC(C)C3C)cc12. The summed E-state index contributed by atoms with van der Waals surface area (Å²) in [4.78, 5) is 16.9. The zero-order valence-corrected chi connectivity index (χ0v) is 13.8. The predicted molar refractivity (Wildman–Crippen MR) is 86.7 cm³/mol. The maximum absolute atomic E-state index is 12.5. The fourth-order valence-electron chi connectivity index (χ4n) is 3.47. The third-order valence-electron chi connectivity index (χ3n) is 5.15. The first-order valence-corrected chi connectivity index (χ1v) is 8.07. The van der Waals surface area contributed by atoms with Crippen LogP contribution >= 0.6 is 0 Å². The van der Waals surface area contributed by atoms with E-state index in [-0.39, 0.29) is 11.9 Å². The number of hydrogen-bond acceptors (Lipinski definition) is 3. The van der Waals surface area contributed by atoms with E-state index >= 15 is 0 Å². The van der Waals surface area contributed by atoms with Crippen molar-refractivity contribution >= 4 is 16.9 Å². The van der Waals surface area contributed by atoms with Gasteiger partial charge in [0.15, 0.2) is 5.65 Å². The van der Waals surface area contributed by atoms with Gasteiger partial charge in [0.1, 0.15) is 0 Å². The van der Waals surface area contributed by atoms with Gasteiger partial charge < -0.3 is 5.32 Å². The number of nitrogens with one attached hydrogen (secondary N) is 1. The molecule has 2 aromatic heterocycles. The molecule has 3 unspecified atom stereocenters. The largest absolute Gasteiger partial charge is 0.349 e. The lowest BCUT2D eigenvalue weighted by atomic mass is 9.78. The van der Waals surface area contributed by atoms with E-state index in [0.29, 0.717) is 17.4 Å². The van der Waals surface area contributed by atoms with Crippen molar-refractivity contribution in [3.8, 4) is 0 Å². The number of amides is 1. The lowest BCUT2D eigenvalue weighted by molar-refractivity contribution is 0.0891. The lowest BCUT2D eigenvalue weighted by Gasteiger charge is -2.34. The van der Waals surface area contributed by atoms with Gasteiger partial charge in [0.2, 0.25) is 0 Å². The average Bonchev–Trinajstić information content (AvgIpc) is 2.78. The molecule has 0 radical (unpaired) electrons. The number of carbonyl (C=O) groups excluding carboxylic acids is 1. The second-order valence-corrected chi connectivity index (χ2v) is 6.65. The van der Waals surface area contributed by atoms with Gasteiger partial charge in [-0.1, -0.05) is 26.7 Å². The highest BCUT2D eigenvalue weighted by molar-refractivity contribution is 5.97. The Morgan fingerprint density at radius 1 is 1.36 bits per heavy atom. The third-order valence-corrected chi connectivity index (χ3v) is 5.15. The van der Waals surface area contributed by atoms with Gasteiger partial charge in [0, 0.05) is 24.7 Å². The van der Waals surface area contributed by atoms with E-state index in [1.807, 2.05) is 20.0 Å². The first-order chi connectivity index (χ1) is 10.5. The van der Waals surface area contributed by atoms with Gasteiger partial charge in [0.05, 0.1) is 11.3 Å². The summed E-state index contributed by atoms with van der Waals surface area (Å²) >= 11 is 0. The van der Waals surface area contributed by atoms with Crippen LogP contribution in [0.5, 0.6) is 0 Å². The van der Waals surface area contributed by atoms with Crippen molar-refractivity contribution in [2.75, 3.05) is 0 Å². The highest BCUT2D eigenvalue weighted by Gasteiger charge is 2.28. The van der Waals surface area contributed by atoms with Crippen molar-refractivity contribution < 1.29 is 4.79 Å². The zero-order valence-electron chi connectivity index (χ0n) is 13.8. The fraction of sp³-hybridized carbons (Fsp3) is 0.588. The highest BCUT2D eigenvalue weighted by Crippen LogP contribution is 2.29. The van der Waals surface area contributed by atoms with E-state index in [4.69, 9.17) is 0 Å². The summed E-state index contributed by atoms with van der Waals surface area (Å²) < 4.78 is 1.75. The zero-order chi connectivity index (χ0) is 15.9. The van der Waals surface area contributed by atoms with Gasteiger partial charge in [-0.2, -0.15) is 5.10 Å². The molecule has 5 nitrogen and oxygen atoms in total. The lowest BCUT2D eigenvalue weighted by Crippen LogP contribution is -2.43. The van der Waals surface area contributed by atoms with Crippen LogP contribution in [0.3, 0.4) is 0 Å². The van der Waals surface area contributed by atoms with Gasteiger partial charge in [-0.25, -0.2) is 4.98 Å². The monoisotopic (exact) mass is 300 g/mol. The van der Waals surface area contributed by atoms with Crippen molar-refractivity contribution in [2.45, 2.75) is 46.1 Å². The van der Waals surface area contributed by atoms with E-state index in [0.717, 1.165) is 23.1 Å². The minimum Gasteiger partial charge on any atom is -0.349 e. The van der Waals surface area contributed by atoms with Crippen molar-refractivity contribution in [1.29, 1.82) is 0 Å². The molecule has 2 aromatic rings. The van der Waals surface area contributed by atoms with Crippen molar-refractivity contribution in [3.63, 3.8) is 0 Å². The quantitative estimate of drug-likeness (QED) is 0.927. The molecule has 118 valence electrons. The van der Waals surface area contributed by atoms with Gasteiger partial charge in [-0.05, 0) is 31.2 Å². The summed E-state index contributed by atoms with van der Waals surface area (Å²) in [5.41, 5.74) is 2.34. The molecular formula is C17H24N4O. The number of carbonyl (C=O) groups is 1. The maximum atomic E-state index is 12.5. The molecule has 3 atom stereocenters. The summed E-state index contributed by atoms with van der Waals surface area (Å²) in [5.74, 6) is 1.17. The first-order valence-electron chi connectivity index (χ1n) is 8.07. The molecule has 2 heterocycles. The Balaban J connectivity index is 1.81. The fourth-order valence-corrected chi connectivity index (χ4v) is 3.47. The number of nitrogens with zero attached hydrogens (tertiary/aromatic N) is 3. The number of hydrogen-bond donors (Lipinski definition) is 1. The number of pyridine rings is 1. The van der Waals surface area contributed by atoms with Gasteiger partial charge in [0.25, 0.3) is 5.91 Å². The molecule has 0 aromatic carbocycles. The summed E-state index contributed by atoms with van der Waals surface area (Å²) in [6.45, 7) is 6.45. The molecule has 1 amide bonds. The second kappa shape index (κ2) is 5.71. The van der Waals surface area contributed by atoms with Crippen LogP contribution in [0.25, 0.3) is 11.0 Å². The van der Waals surface area contributed by atoms with Crippen LogP contribution in [0, 0.1) is 18.8 Å². The Morgan fingerprint density at radius 2 is 2.14 bits per heavy atom. The van der Waals surface area contributed by atoms with Crippen LogP contribution in [-0.4, -0.2) is 26.7 Å². The molecule has 0 bridgehead atoms. The molecule has 0 saturated heterocycles. The number of aromatic nitrogens is 3. The topological polar surface area (TPSA) is 59.8 Å². The number of aryl methyl sites for hydroxylation is 2. The van der Waals surface area contributed by atoms with E-state index in [9.17, 15) is 4.79 Å². The molecule has 1 fully saturated rings. The molecule has 1 N–H and O–H groups in total. The normalized spacial score (nSPS) is 25.4. The van der Waals surface area contributed by atoms with E-state index in [2.05, 4.69) is 29.2 Å². The van der Waals surface area contributed by atoms with E-state index in [1.54, 1.807) is 10.9 Å². The Bertz CT molecular complexity index is 706. The number of rotatable bonds is 2. The van der Waals surface area contributed by atoms with Crippen LogP contribution in [0.15, 0.2) is 12.3 Å². The Labute approximate surface area is 131 Å². The first kappa shape index (κ1) is 15.0. The van der Waals surface area contributed by atoms with Gasteiger partial charge >= 0.3 is 0 Å². The minimum absolute atomic E-state index is 0.0244. The Morgan fingerprint density at radius 3 is 2.91 bits per heavy atom. The highest BCUT2D eigenvalue weighted by atomic mass is 16.1. The molecule has 3 rings (SSSR count). The van der Waals surface area contributed by atoms with Crippen molar-refractivity contribution in [1.82, 2.24) is 20.1 Å². The summed E-state index contributed by atoms with van der Waals surface area (Å²) in [7, 11) is 1.87. The van der Waals surface area contributed by atoms with Crippen LogP contribution in [0.2, 0.25) is 0 Å². The van der Waals surface area contributed by atoms with Crippen LogP contribution in [0.1, 0.15) is 49.2 Å². The molecule has 1 aliphatic rings. The Kier molecular flexibility index (Phi) is 3.89. The molecule has 1 aliphatic carbocycles. The standard InChI is InChI=1S/C17H24N4O/c1-10-6-5-7-15(11(10)2)19-17(22)13-8-14-12(3)20-21(4)16(14)18-9-13/h8-11,15H,5-7H2,1-4H3,(H,19,22). The van der Waals surface area contributed by atoms with Crippen molar-refractivity contribution in [2.24, 2.45) is 18.9 Å². The smallest absolute Gasteiger partial charge is 0.253 e. The Hall–Kier alpha value is -1.91. The number of fused-ring (bicyclic) bond motifs is 1. The van der Waals surface area contributed by atoms with Gasteiger partial charge in [-0.3, -0.25) is 9.48 Å². The molecule has 1 saturated carbocycles. The van der Waals surface area contributed by atoms with E-state index in [1.165, 1.54) is 12.8 Å². The molecule has 0 spiro atoms.